The van der Waals surface area contributed by atoms with E-state index in [0.717, 1.165) is 43.6 Å². The lowest BCUT2D eigenvalue weighted by atomic mass is 9.97. The minimum absolute atomic E-state index is 0.887. The van der Waals surface area contributed by atoms with Crippen LogP contribution in [0.15, 0.2) is 24.4 Å². The molecule has 0 atom stereocenters. The molecule has 4 heterocycles. The lowest BCUT2D eigenvalue weighted by molar-refractivity contribution is 0.641. The molecule has 0 radical (unpaired) electrons. The number of nitrogens with zero attached hydrogens (tertiary/aromatic N) is 5. The summed E-state index contributed by atoms with van der Waals surface area (Å²) in [6.07, 6.45) is 6.87. The van der Waals surface area contributed by atoms with Gasteiger partial charge < -0.3 is 9.80 Å². The molecule has 6 heteroatoms. The number of aromatic nitrogens is 3. The van der Waals surface area contributed by atoms with Crippen molar-refractivity contribution in [3.63, 3.8) is 0 Å². The van der Waals surface area contributed by atoms with E-state index < -0.39 is 0 Å². The van der Waals surface area contributed by atoms with Gasteiger partial charge >= 0.3 is 0 Å². The molecule has 134 valence electrons. The van der Waals surface area contributed by atoms with Gasteiger partial charge in [-0.15, -0.1) is 11.3 Å². The van der Waals surface area contributed by atoms with E-state index in [-0.39, 0.29) is 0 Å². The van der Waals surface area contributed by atoms with Crippen LogP contribution in [0.4, 0.5) is 11.6 Å². The summed E-state index contributed by atoms with van der Waals surface area (Å²) in [5.74, 6) is 3.12. The van der Waals surface area contributed by atoms with Crippen molar-refractivity contribution < 1.29 is 0 Å². The summed E-state index contributed by atoms with van der Waals surface area (Å²) in [5, 5.41) is 1.33. The highest BCUT2D eigenvalue weighted by Crippen LogP contribution is 2.39. The number of fused-ring (bicyclic) bond motifs is 3. The van der Waals surface area contributed by atoms with Crippen LogP contribution in [-0.2, 0) is 12.8 Å². The predicted molar refractivity (Wildman–Crippen MR) is 107 cm³/mol. The molecule has 2 aliphatic rings. The normalized spacial score (nSPS) is 17.6. The van der Waals surface area contributed by atoms with Crippen LogP contribution in [0, 0.1) is 6.92 Å². The first-order valence-electron chi connectivity index (χ1n) is 9.49. The molecule has 0 amide bonds. The lowest BCUT2D eigenvalue weighted by Crippen LogP contribution is -2.47. The number of thiophene rings is 1. The third-order valence-electron chi connectivity index (χ3n) is 5.46. The second-order valence-corrected chi connectivity index (χ2v) is 8.23. The molecule has 26 heavy (non-hydrogen) atoms. The molecule has 0 bridgehead atoms. The molecule has 1 fully saturated rings. The molecule has 3 aromatic heterocycles. The van der Waals surface area contributed by atoms with Crippen molar-refractivity contribution >= 4 is 33.2 Å². The van der Waals surface area contributed by atoms with Crippen LogP contribution in [-0.4, -0.2) is 41.1 Å². The van der Waals surface area contributed by atoms with Gasteiger partial charge in [-0.3, -0.25) is 0 Å². The number of rotatable bonds is 2. The number of hydrogen-bond donors (Lipinski definition) is 0. The van der Waals surface area contributed by atoms with Gasteiger partial charge in [-0.1, -0.05) is 6.07 Å². The second kappa shape index (κ2) is 6.50. The first-order chi connectivity index (χ1) is 12.8. The molecule has 0 unspecified atom stereocenters. The first kappa shape index (κ1) is 16.0. The van der Waals surface area contributed by atoms with Gasteiger partial charge in [0.25, 0.3) is 0 Å². The van der Waals surface area contributed by atoms with Gasteiger partial charge in [0, 0.05) is 37.3 Å². The quantitative estimate of drug-likeness (QED) is 0.694. The minimum Gasteiger partial charge on any atom is -0.353 e. The molecular weight excluding hydrogens is 342 g/mol. The number of piperazine rings is 1. The maximum Gasteiger partial charge on any atom is 0.141 e. The zero-order valence-electron chi connectivity index (χ0n) is 15.1. The Morgan fingerprint density at radius 2 is 1.77 bits per heavy atom. The Hall–Kier alpha value is -2.21. The van der Waals surface area contributed by atoms with E-state index in [4.69, 9.17) is 9.97 Å². The number of anilines is 2. The van der Waals surface area contributed by atoms with Gasteiger partial charge in [0.1, 0.15) is 22.3 Å². The van der Waals surface area contributed by atoms with E-state index >= 15 is 0 Å². The van der Waals surface area contributed by atoms with Gasteiger partial charge in [-0.25, -0.2) is 15.0 Å². The molecule has 3 aromatic rings. The Balaban J connectivity index is 1.47. The second-order valence-electron chi connectivity index (χ2n) is 7.15. The molecule has 0 N–H and O–H groups in total. The van der Waals surface area contributed by atoms with Crippen LogP contribution in [0.5, 0.6) is 0 Å². The fraction of sp³-hybridized carbons (Fsp3) is 0.450. The van der Waals surface area contributed by atoms with Crippen molar-refractivity contribution in [1.82, 2.24) is 15.0 Å². The average Bonchev–Trinajstić information content (AvgIpc) is 3.06. The molecule has 1 aliphatic carbocycles. The van der Waals surface area contributed by atoms with E-state index in [0.29, 0.717) is 0 Å². The standard InChI is InChI=1S/C20H23N5S/c1-14-22-19(18-15-6-2-3-7-16(15)26-20(18)23-14)25-12-10-24(11-13-25)17-8-4-5-9-21-17/h4-5,8-9H,2-3,6-7,10-13H2,1H3. The van der Waals surface area contributed by atoms with Crippen LogP contribution >= 0.6 is 11.3 Å². The Kier molecular flexibility index (Phi) is 4.00. The summed E-state index contributed by atoms with van der Waals surface area (Å²) in [4.78, 5) is 21.7. The molecule has 0 aromatic carbocycles. The van der Waals surface area contributed by atoms with E-state index in [1.807, 2.05) is 30.5 Å². The van der Waals surface area contributed by atoms with Gasteiger partial charge in [0.15, 0.2) is 0 Å². The van der Waals surface area contributed by atoms with E-state index in [1.54, 1.807) is 4.88 Å². The zero-order chi connectivity index (χ0) is 17.5. The van der Waals surface area contributed by atoms with Crippen LogP contribution in [0.3, 0.4) is 0 Å². The van der Waals surface area contributed by atoms with Crippen molar-refractivity contribution in [2.45, 2.75) is 32.6 Å². The van der Waals surface area contributed by atoms with Crippen LogP contribution in [0.2, 0.25) is 0 Å². The fourth-order valence-electron chi connectivity index (χ4n) is 4.16. The van der Waals surface area contributed by atoms with Crippen molar-refractivity contribution in [1.29, 1.82) is 0 Å². The van der Waals surface area contributed by atoms with E-state index in [9.17, 15) is 0 Å². The maximum absolute atomic E-state index is 4.89. The van der Waals surface area contributed by atoms with Gasteiger partial charge in [-0.2, -0.15) is 0 Å². The van der Waals surface area contributed by atoms with Crippen molar-refractivity contribution in [3.05, 3.63) is 40.7 Å². The molecule has 5 rings (SSSR count). The number of pyridine rings is 1. The van der Waals surface area contributed by atoms with Gasteiger partial charge in [0.2, 0.25) is 0 Å². The summed E-state index contributed by atoms with van der Waals surface area (Å²) in [5.41, 5.74) is 1.53. The maximum atomic E-state index is 4.89. The number of aryl methyl sites for hydroxylation is 3. The van der Waals surface area contributed by atoms with E-state index in [2.05, 4.69) is 26.9 Å². The van der Waals surface area contributed by atoms with Crippen molar-refractivity contribution in [2.75, 3.05) is 36.0 Å². The summed E-state index contributed by atoms with van der Waals surface area (Å²) in [6, 6.07) is 6.13. The molecule has 1 saturated heterocycles. The largest absolute Gasteiger partial charge is 0.353 e. The highest BCUT2D eigenvalue weighted by Gasteiger charge is 2.25. The molecule has 0 spiro atoms. The topological polar surface area (TPSA) is 45.2 Å². The Morgan fingerprint density at radius 3 is 2.58 bits per heavy atom. The first-order valence-corrected chi connectivity index (χ1v) is 10.3. The zero-order valence-corrected chi connectivity index (χ0v) is 15.9. The SMILES string of the molecule is Cc1nc(N2CCN(c3ccccn3)CC2)c2c3c(sc2n1)CCCC3. The van der Waals surface area contributed by atoms with Crippen molar-refractivity contribution in [3.8, 4) is 0 Å². The summed E-state index contributed by atoms with van der Waals surface area (Å²) >= 11 is 1.89. The van der Waals surface area contributed by atoms with E-state index in [1.165, 1.54) is 41.5 Å². The highest BCUT2D eigenvalue weighted by atomic mass is 32.1. The Bertz CT molecular complexity index is 928. The molecule has 5 nitrogen and oxygen atoms in total. The summed E-state index contributed by atoms with van der Waals surface area (Å²) in [7, 11) is 0. The van der Waals surface area contributed by atoms with Gasteiger partial charge in [-0.05, 0) is 50.3 Å². The summed E-state index contributed by atoms with van der Waals surface area (Å²) < 4.78 is 0. The Labute approximate surface area is 157 Å². The fourth-order valence-corrected chi connectivity index (χ4v) is 5.46. The monoisotopic (exact) mass is 365 g/mol. The average molecular weight is 366 g/mol. The third-order valence-corrected chi connectivity index (χ3v) is 6.65. The molecular formula is C20H23N5S. The summed E-state index contributed by atoms with van der Waals surface area (Å²) in [6.45, 7) is 5.94. The third kappa shape index (κ3) is 2.72. The predicted octanol–water partition coefficient (Wildman–Crippen LogP) is 3.60. The van der Waals surface area contributed by atoms with Crippen molar-refractivity contribution in [2.24, 2.45) is 0 Å². The van der Waals surface area contributed by atoms with Crippen LogP contribution in [0.1, 0.15) is 29.1 Å². The lowest BCUT2D eigenvalue weighted by Gasteiger charge is -2.36. The highest BCUT2D eigenvalue weighted by molar-refractivity contribution is 7.19. The number of hydrogen-bond acceptors (Lipinski definition) is 6. The Morgan fingerprint density at radius 1 is 0.962 bits per heavy atom. The van der Waals surface area contributed by atoms with Crippen LogP contribution < -0.4 is 9.80 Å². The minimum atomic E-state index is 0.887. The van der Waals surface area contributed by atoms with Gasteiger partial charge in [0.05, 0.1) is 5.39 Å². The molecule has 1 aliphatic heterocycles. The van der Waals surface area contributed by atoms with Crippen LogP contribution in [0.25, 0.3) is 10.2 Å². The smallest absolute Gasteiger partial charge is 0.141 e. The molecule has 0 saturated carbocycles.